The Morgan fingerprint density at radius 3 is 2.70 bits per heavy atom. The van der Waals surface area contributed by atoms with E-state index in [9.17, 15) is 27.7 Å². The van der Waals surface area contributed by atoms with E-state index in [0.29, 0.717) is 16.6 Å². The van der Waals surface area contributed by atoms with Gasteiger partial charge in [0.25, 0.3) is 5.09 Å². The average Bonchev–Trinajstić information content (AvgIpc) is 2.78. The van der Waals surface area contributed by atoms with Crippen LogP contribution in [0.25, 0.3) is 10.6 Å². The maximum Gasteiger partial charge on any atom is 0.419 e. The number of aromatic nitrogens is 1. The van der Waals surface area contributed by atoms with Crippen LogP contribution >= 0.6 is 11.3 Å². The van der Waals surface area contributed by atoms with Crippen LogP contribution in [0.1, 0.15) is 16.1 Å². The third-order valence-electron chi connectivity index (χ3n) is 2.95. The highest BCUT2D eigenvalue weighted by molar-refractivity contribution is 7.15. The minimum absolute atomic E-state index is 0.0854. The predicted octanol–water partition coefficient (Wildman–Crippen LogP) is 4.03. The van der Waals surface area contributed by atoms with Crippen molar-refractivity contribution in [1.82, 2.24) is 4.98 Å². The molecule has 0 amide bonds. The van der Waals surface area contributed by atoms with E-state index in [-0.39, 0.29) is 23.6 Å². The maximum absolute atomic E-state index is 14.1. The van der Waals surface area contributed by atoms with E-state index in [0.717, 1.165) is 17.4 Å². The molecule has 5 nitrogen and oxygen atoms in total. The van der Waals surface area contributed by atoms with Gasteiger partial charge in [-0.25, -0.2) is 9.37 Å². The molecule has 2 rings (SSSR count). The number of halogens is 4. The number of alkyl halides is 3. The molecule has 0 fully saturated rings. The van der Waals surface area contributed by atoms with E-state index < -0.39 is 22.6 Å². The van der Waals surface area contributed by atoms with Crippen LogP contribution in [0.15, 0.2) is 18.2 Å². The summed E-state index contributed by atoms with van der Waals surface area (Å²) in [5.41, 5.74) is -1.15. The lowest BCUT2D eigenvalue weighted by Crippen LogP contribution is -2.08. The smallest absolute Gasteiger partial charge is 0.314 e. The van der Waals surface area contributed by atoms with Gasteiger partial charge in [-0.2, -0.15) is 13.2 Å². The summed E-state index contributed by atoms with van der Waals surface area (Å²) in [5, 5.41) is 9.24. The Morgan fingerprint density at radius 2 is 2.09 bits per heavy atom. The van der Waals surface area contributed by atoms with Gasteiger partial charge in [0.05, 0.1) is 11.3 Å². The van der Waals surface area contributed by atoms with Gasteiger partial charge in [0, 0.05) is 16.9 Å². The van der Waals surface area contributed by atoms with Crippen molar-refractivity contribution in [2.45, 2.75) is 19.5 Å². The van der Waals surface area contributed by atoms with Crippen LogP contribution in [0, 0.1) is 22.9 Å². The fraction of sp³-hybridized carbons (Fsp3) is 0.308. The first-order chi connectivity index (χ1) is 10.7. The van der Waals surface area contributed by atoms with Gasteiger partial charge in [0.1, 0.15) is 17.4 Å². The van der Waals surface area contributed by atoms with E-state index in [4.69, 9.17) is 0 Å². The quantitative estimate of drug-likeness (QED) is 0.464. The van der Waals surface area contributed by atoms with Gasteiger partial charge in [-0.1, -0.05) is 6.07 Å². The predicted molar refractivity (Wildman–Crippen MR) is 73.9 cm³/mol. The number of nitrogens with zero attached hydrogens (tertiary/aromatic N) is 2. The van der Waals surface area contributed by atoms with Gasteiger partial charge in [0.2, 0.25) is 0 Å². The van der Waals surface area contributed by atoms with E-state index in [2.05, 4.69) is 9.82 Å². The molecule has 0 aliphatic heterocycles. The molecule has 0 saturated heterocycles. The number of aryl methyl sites for hydroxylation is 1. The van der Waals surface area contributed by atoms with Crippen LogP contribution in [-0.2, 0) is 17.4 Å². The second kappa shape index (κ2) is 6.49. The Kier molecular flexibility index (Phi) is 4.83. The number of rotatable bonds is 5. The Labute approximate surface area is 131 Å². The summed E-state index contributed by atoms with van der Waals surface area (Å²) in [6, 6.07) is 2.97. The Morgan fingerprint density at radius 1 is 1.39 bits per heavy atom. The lowest BCUT2D eigenvalue weighted by molar-refractivity contribution is -0.757. The van der Waals surface area contributed by atoms with Gasteiger partial charge in [-0.05, 0) is 19.1 Å². The van der Waals surface area contributed by atoms with Crippen molar-refractivity contribution in [2.24, 2.45) is 0 Å². The first kappa shape index (κ1) is 17.1. The van der Waals surface area contributed by atoms with Crippen LogP contribution < -0.4 is 0 Å². The second-order valence-corrected chi connectivity index (χ2v) is 5.58. The zero-order chi connectivity index (χ0) is 17.2. The molecule has 1 heterocycles. The minimum atomic E-state index is -4.80. The van der Waals surface area contributed by atoms with Crippen molar-refractivity contribution in [3.63, 3.8) is 0 Å². The van der Waals surface area contributed by atoms with Crippen molar-refractivity contribution in [3.8, 4) is 10.6 Å². The Balaban J connectivity index is 2.31. The van der Waals surface area contributed by atoms with Crippen molar-refractivity contribution < 1.29 is 27.5 Å². The van der Waals surface area contributed by atoms with Gasteiger partial charge in [-0.15, -0.1) is 21.5 Å². The normalized spacial score (nSPS) is 11.5. The van der Waals surface area contributed by atoms with Crippen LogP contribution in [0.5, 0.6) is 0 Å². The highest BCUT2D eigenvalue weighted by Crippen LogP contribution is 2.37. The Hall–Kier alpha value is -2.23. The molecule has 0 aliphatic carbocycles. The Bertz CT molecular complexity index is 730. The van der Waals surface area contributed by atoms with Crippen LogP contribution in [0.4, 0.5) is 17.6 Å². The molecule has 1 aromatic heterocycles. The van der Waals surface area contributed by atoms with Gasteiger partial charge in [0.15, 0.2) is 0 Å². The highest BCUT2D eigenvalue weighted by atomic mass is 32.1. The highest BCUT2D eigenvalue weighted by Gasteiger charge is 2.35. The third kappa shape index (κ3) is 3.95. The largest absolute Gasteiger partial charge is 0.419 e. The standard InChI is InChI=1S/C13H10F4N2O3S/c1-7-10(5-6-22-19(20)21)23-12(18-7)8-3-2-4-9(11(8)14)13(15,16)17/h2-4H,5-6H2,1H3. The molecule has 124 valence electrons. The van der Waals surface area contributed by atoms with E-state index in [1.165, 1.54) is 6.07 Å². The molecule has 2 aromatic rings. The summed E-state index contributed by atoms with van der Waals surface area (Å²) in [5.74, 6) is -1.39. The molecule has 0 saturated carbocycles. The molecule has 0 bridgehead atoms. The molecule has 10 heteroatoms. The number of hydrogen-bond acceptors (Lipinski definition) is 5. The van der Waals surface area contributed by atoms with Crippen LogP contribution in [0.2, 0.25) is 0 Å². The molecular weight excluding hydrogens is 340 g/mol. The second-order valence-electron chi connectivity index (χ2n) is 4.50. The summed E-state index contributed by atoms with van der Waals surface area (Å²) >= 11 is 0.977. The van der Waals surface area contributed by atoms with Gasteiger partial charge >= 0.3 is 6.18 Å². The first-order valence-electron chi connectivity index (χ1n) is 6.30. The maximum atomic E-state index is 14.1. The summed E-state index contributed by atoms with van der Waals surface area (Å²) in [6.07, 6.45) is -4.64. The monoisotopic (exact) mass is 350 g/mol. The van der Waals surface area contributed by atoms with E-state index in [1.54, 1.807) is 6.92 Å². The average molecular weight is 350 g/mol. The molecular formula is C13H10F4N2O3S. The summed E-state index contributed by atoms with van der Waals surface area (Å²) in [7, 11) is 0. The lowest BCUT2D eigenvalue weighted by Gasteiger charge is -2.09. The molecule has 0 radical (unpaired) electrons. The molecule has 23 heavy (non-hydrogen) atoms. The van der Waals surface area contributed by atoms with Crippen molar-refractivity contribution in [2.75, 3.05) is 6.61 Å². The minimum Gasteiger partial charge on any atom is -0.314 e. The molecule has 0 N–H and O–H groups in total. The SMILES string of the molecule is Cc1nc(-c2cccc(C(F)(F)F)c2F)sc1CCO[N+](=O)[O-]. The van der Waals surface area contributed by atoms with Crippen molar-refractivity contribution in [1.29, 1.82) is 0 Å². The fourth-order valence-electron chi connectivity index (χ4n) is 1.90. The molecule has 0 unspecified atom stereocenters. The summed E-state index contributed by atoms with van der Waals surface area (Å²) in [6.45, 7) is 1.38. The van der Waals surface area contributed by atoms with Crippen LogP contribution in [-0.4, -0.2) is 16.7 Å². The number of hydrogen-bond donors (Lipinski definition) is 0. The van der Waals surface area contributed by atoms with Crippen LogP contribution in [0.3, 0.4) is 0 Å². The van der Waals surface area contributed by atoms with Crippen molar-refractivity contribution >= 4 is 11.3 Å². The molecule has 0 spiro atoms. The molecule has 0 atom stereocenters. The van der Waals surface area contributed by atoms with Gasteiger partial charge < -0.3 is 4.84 Å². The zero-order valence-corrected chi connectivity index (χ0v) is 12.5. The van der Waals surface area contributed by atoms with Gasteiger partial charge in [-0.3, -0.25) is 0 Å². The first-order valence-corrected chi connectivity index (χ1v) is 7.11. The fourth-order valence-corrected chi connectivity index (χ4v) is 2.97. The number of benzene rings is 1. The molecule has 0 aliphatic rings. The van der Waals surface area contributed by atoms with E-state index in [1.807, 2.05) is 0 Å². The topological polar surface area (TPSA) is 65.3 Å². The van der Waals surface area contributed by atoms with Crippen molar-refractivity contribution in [3.05, 3.63) is 50.3 Å². The summed E-state index contributed by atoms with van der Waals surface area (Å²) < 4.78 is 52.3. The summed E-state index contributed by atoms with van der Waals surface area (Å²) in [4.78, 5) is 18.9. The van der Waals surface area contributed by atoms with E-state index >= 15 is 0 Å². The lowest BCUT2D eigenvalue weighted by atomic mass is 10.1. The number of thiazole rings is 1. The third-order valence-corrected chi connectivity index (χ3v) is 4.20. The molecule has 1 aromatic carbocycles. The zero-order valence-electron chi connectivity index (χ0n) is 11.7.